The van der Waals surface area contributed by atoms with Gasteiger partial charge in [-0.05, 0) is 12.1 Å². The van der Waals surface area contributed by atoms with Gasteiger partial charge in [-0.3, -0.25) is 9.59 Å². The van der Waals surface area contributed by atoms with Crippen LogP contribution in [0.2, 0.25) is 0 Å². The Morgan fingerprint density at radius 1 is 1.44 bits per heavy atom. The summed E-state index contributed by atoms with van der Waals surface area (Å²) >= 11 is 0. The van der Waals surface area contributed by atoms with Gasteiger partial charge in [-0.2, -0.15) is 5.26 Å². The van der Waals surface area contributed by atoms with Crippen molar-refractivity contribution in [3.05, 3.63) is 23.8 Å². The monoisotopic (exact) mass is 248 g/mol. The number of benzene rings is 1. The number of nitriles is 1. The Hall–Kier alpha value is -2.75. The van der Waals surface area contributed by atoms with Crippen LogP contribution in [0, 0.1) is 11.3 Å². The number of nitrogen functional groups attached to an aromatic ring is 1. The quantitative estimate of drug-likeness (QED) is 0.472. The Bertz CT molecular complexity index is 508. The number of carbonyl (C=O) groups excluding carboxylic acids is 2. The minimum Gasteiger partial charge on any atom is -0.481 e. The molecule has 0 spiro atoms. The topological polar surface area (TPSA) is 131 Å². The van der Waals surface area contributed by atoms with Crippen LogP contribution in [0.1, 0.15) is 10.4 Å². The number of nitrogens with one attached hydrogen (secondary N) is 1. The van der Waals surface area contributed by atoms with Crippen LogP contribution in [-0.2, 0) is 4.79 Å². The van der Waals surface area contributed by atoms with Crippen molar-refractivity contribution in [2.24, 2.45) is 5.73 Å². The van der Waals surface area contributed by atoms with Crippen molar-refractivity contribution < 1.29 is 14.3 Å². The largest absolute Gasteiger partial charge is 0.481 e. The van der Waals surface area contributed by atoms with E-state index >= 15 is 0 Å². The second-order valence-corrected chi connectivity index (χ2v) is 3.31. The van der Waals surface area contributed by atoms with E-state index in [1.165, 1.54) is 12.1 Å². The van der Waals surface area contributed by atoms with E-state index in [0.717, 1.165) is 0 Å². The second kappa shape index (κ2) is 6.10. The Morgan fingerprint density at radius 3 is 2.78 bits per heavy atom. The average molecular weight is 248 g/mol. The van der Waals surface area contributed by atoms with Crippen LogP contribution in [0.15, 0.2) is 18.2 Å². The highest BCUT2D eigenvalue weighted by atomic mass is 16.5. The van der Waals surface area contributed by atoms with Gasteiger partial charge in [0.2, 0.25) is 0 Å². The normalized spacial score (nSPS) is 9.28. The maximum atomic E-state index is 11.2. The van der Waals surface area contributed by atoms with E-state index in [2.05, 4.69) is 5.32 Å². The highest BCUT2D eigenvalue weighted by Gasteiger charge is 2.13. The van der Waals surface area contributed by atoms with E-state index in [9.17, 15) is 9.59 Å². The summed E-state index contributed by atoms with van der Waals surface area (Å²) in [6.07, 6.45) is 0. The molecule has 0 aliphatic heterocycles. The number of amides is 2. The number of anilines is 1. The molecule has 0 fully saturated rings. The van der Waals surface area contributed by atoms with Gasteiger partial charge in [0, 0.05) is 0 Å². The van der Waals surface area contributed by atoms with Gasteiger partial charge in [0.05, 0.1) is 17.3 Å². The number of hydrogen-bond acceptors (Lipinski definition) is 5. The molecule has 0 radical (unpaired) electrons. The minimum atomic E-state index is -0.699. The van der Waals surface area contributed by atoms with Gasteiger partial charge in [-0.25, -0.2) is 0 Å². The summed E-state index contributed by atoms with van der Waals surface area (Å²) in [5.41, 5.74) is 11.1. The van der Waals surface area contributed by atoms with Crippen LogP contribution in [0.4, 0.5) is 5.69 Å². The van der Waals surface area contributed by atoms with Gasteiger partial charge in [0.25, 0.3) is 11.8 Å². The SMILES string of the molecule is N#CCNC(=O)COc1c(N)cccc1C(N)=O. The molecule has 0 bridgehead atoms. The fourth-order valence-electron chi connectivity index (χ4n) is 1.24. The summed E-state index contributed by atoms with van der Waals surface area (Å²) in [6.45, 7) is -0.467. The molecule has 1 rings (SSSR count). The molecule has 1 aromatic carbocycles. The van der Waals surface area contributed by atoms with Crippen molar-refractivity contribution in [3.8, 4) is 11.8 Å². The lowest BCUT2D eigenvalue weighted by Gasteiger charge is -2.11. The summed E-state index contributed by atoms with van der Waals surface area (Å²) in [6, 6.07) is 6.27. The van der Waals surface area contributed by atoms with Crippen LogP contribution in [0.5, 0.6) is 5.75 Å². The number of ether oxygens (including phenoxy) is 1. The molecule has 0 unspecified atom stereocenters. The van der Waals surface area contributed by atoms with Crippen molar-refractivity contribution in [2.75, 3.05) is 18.9 Å². The molecule has 2 amide bonds. The maximum Gasteiger partial charge on any atom is 0.258 e. The lowest BCUT2D eigenvalue weighted by molar-refractivity contribution is -0.122. The number of nitrogens with zero attached hydrogens (tertiary/aromatic N) is 1. The summed E-state index contributed by atoms with van der Waals surface area (Å²) < 4.78 is 5.14. The molecule has 0 saturated carbocycles. The molecule has 7 heteroatoms. The highest BCUT2D eigenvalue weighted by molar-refractivity contribution is 5.97. The zero-order valence-corrected chi connectivity index (χ0v) is 9.47. The Balaban J connectivity index is 2.76. The number of primary amides is 1. The molecule has 5 N–H and O–H groups in total. The zero-order valence-electron chi connectivity index (χ0n) is 9.47. The average Bonchev–Trinajstić information content (AvgIpc) is 2.34. The first-order valence-corrected chi connectivity index (χ1v) is 5.01. The standard InChI is InChI=1S/C11H12N4O3/c12-4-5-15-9(16)6-18-10-7(11(14)17)2-1-3-8(10)13/h1-3H,5-6,13H2,(H2,14,17)(H,15,16). The van der Waals surface area contributed by atoms with Crippen LogP contribution in [0.25, 0.3) is 0 Å². The molecular formula is C11H12N4O3. The molecule has 0 aliphatic carbocycles. The van der Waals surface area contributed by atoms with Crippen LogP contribution in [0.3, 0.4) is 0 Å². The number of hydrogen-bond donors (Lipinski definition) is 3. The van der Waals surface area contributed by atoms with Crippen LogP contribution in [-0.4, -0.2) is 25.0 Å². The summed E-state index contributed by atoms with van der Waals surface area (Å²) in [4.78, 5) is 22.4. The van der Waals surface area contributed by atoms with Crippen LogP contribution < -0.4 is 21.5 Å². The molecule has 0 aromatic heterocycles. The van der Waals surface area contributed by atoms with Gasteiger partial charge in [0.15, 0.2) is 12.4 Å². The van der Waals surface area contributed by atoms with Gasteiger partial charge in [-0.15, -0.1) is 0 Å². The van der Waals surface area contributed by atoms with Crippen LogP contribution >= 0.6 is 0 Å². The van der Waals surface area contributed by atoms with E-state index in [0.29, 0.717) is 0 Å². The molecule has 0 atom stereocenters. The van der Waals surface area contributed by atoms with Gasteiger partial charge < -0.3 is 21.5 Å². The Morgan fingerprint density at radius 2 is 2.17 bits per heavy atom. The number of para-hydroxylation sites is 1. The number of carbonyl (C=O) groups is 2. The molecule has 0 saturated heterocycles. The van der Waals surface area contributed by atoms with E-state index in [4.69, 9.17) is 21.5 Å². The Labute approximate surface area is 103 Å². The number of nitrogens with two attached hydrogens (primary N) is 2. The van der Waals surface area contributed by atoms with E-state index in [1.807, 2.05) is 0 Å². The summed E-state index contributed by atoms with van der Waals surface area (Å²) in [5, 5.41) is 10.6. The fourth-order valence-corrected chi connectivity index (χ4v) is 1.24. The predicted molar refractivity (Wildman–Crippen MR) is 63.5 cm³/mol. The van der Waals surface area contributed by atoms with Gasteiger partial charge in [0.1, 0.15) is 6.54 Å². The third-order valence-corrected chi connectivity index (χ3v) is 2.02. The first kappa shape index (κ1) is 13.3. The molecule has 0 aliphatic rings. The second-order valence-electron chi connectivity index (χ2n) is 3.31. The Kier molecular flexibility index (Phi) is 4.51. The lowest BCUT2D eigenvalue weighted by atomic mass is 10.1. The molecule has 1 aromatic rings. The molecular weight excluding hydrogens is 236 g/mol. The van der Waals surface area contributed by atoms with E-state index in [1.54, 1.807) is 12.1 Å². The number of rotatable bonds is 5. The van der Waals surface area contributed by atoms with Crippen molar-refractivity contribution >= 4 is 17.5 Å². The first-order valence-electron chi connectivity index (χ1n) is 5.01. The van der Waals surface area contributed by atoms with Crippen molar-refractivity contribution in [2.45, 2.75) is 0 Å². The summed E-state index contributed by atoms with van der Waals surface area (Å²) in [5.74, 6) is -1.12. The first-order chi connectivity index (χ1) is 8.56. The maximum absolute atomic E-state index is 11.2. The van der Waals surface area contributed by atoms with E-state index in [-0.39, 0.29) is 30.2 Å². The van der Waals surface area contributed by atoms with Gasteiger partial charge >= 0.3 is 0 Å². The molecule has 18 heavy (non-hydrogen) atoms. The van der Waals surface area contributed by atoms with E-state index < -0.39 is 11.8 Å². The third-order valence-electron chi connectivity index (χ3n) is 2.02. The predicted octanol–water partition coefficient (Wildman–Crippen LogP) is -0.614. The highest BCUT2D eigenvalue weighted by Crippen LogP contribution is 2.25. The van der Waals surface area contributed by atoms with Gasteiger partial charge in [-0.1, -0.05) is 6.07 Å². The molecule has 7 nitrogen and oxygen atoms in total. The van der Waals surface area contributed by atoms with Crippen molar-refractivity contribution in [1.82, 2.24) is 5.32 Å². The fraction of sp³-hybridized carbons (Fsp3) is 0.182. The van der Waals surface area contributed by atoms with Crippen molar-refractivity contribution in [3.63, 3.8) is 0 Å². The minimum absolute atomic E-state index is 0.0668. The third kappa shape index (κ3) is 3.38. The molecule has 0 heterocycles. The smallest absolute Gasteiger partial charge is 0.258 e. The van der Waals surface area contributed by atoms with Crippen molar-refractivity contribution in [1.29, 1.82) is 5.26 Å². The molecule has 94 valence electrons. The zero-order chi connectivity index (χ0) is 13.5. The lowest BCUT2D eigenvalue weighted by Crippen LogP contribution is -2.29. The summed E-state index contributed by atoms with van der Waals surface area (Å²) in [7, 11) is 0.